The summed E-state index contributed by atoms with van der Waals surface area (Å²) in [4.78, 5) is 12.1. The van der Waals surface area contributed by atoms with Gasteiger partial charge in [0.05, 0.1) is 6.42 Å². The van der Waals surface area contributed by atoms with Crippen LogP contribution in [0.15, 0.2) is 85.2 Å². The summed E-state index contributed by atoms with van der Waals surface area (Å²) in [5.41, 5.74) is 0.944. The van der Waals surface area contributed by atoms with E-state index in [-0.39, 0.29) is 12.3 Å². The number of hydrogen-bond acceptors (Lipinski definition) is 4. The minimum atomic E-state index is -0.393. The Balaban J connectivity index is 1.35. The zero-order valence-corrected chi connectivity index (χ0v) is 15.3. The summed E-state index contributed by atoms with van der Waals surface area (Å²) in [7, 11) is 0. The maximum Gasteiger partial charge on any atom is 0.238 e. The smallest absolute Gasteiger partial charge is 0.238 e. The Bertz CT molecular complexity index is 1090. The van der Waals surface area contributed by atoms with Crippen molar-refractivity contribution < 1.29 is 13.9 Å². The van der Waals surface area contributed by atoms with Crippen molar-refractivity contribution in [1.82, 2.24) is 14.8 Å². The molecule has 0 saturated heterocycles. The third kappa shape index (κ3) is 4.65. The molecule has 2 aromatic carbocycles. The van der Waals surface area contributed by atoms with Gasteiger partial charge in [0, 0.05) is 24.1 Å². The van der Waals surface area contributed by atoms with E-state index in [0.29, 0.717) is 28.7 Å². The van der Waals surface area contributed by atoms with Crippen molar-refractivity contribution in [3.8, 4) is 17.4 Å². The molecule has 0 fully saturated rings. The van der Waals surface area contributed by atoms with Crippen molar-refractivity contribution >= 4 is 11.6 Å². The molecule has 0 bridgehead atoms. The van der Waals surface area contributed by atoms with Crippen LogP contribution in [0.3, 0.4) is 0 Å². The van der Waals surface area contributed by atoms with Gasteiger partial charge >= 0.3 is 0 Å². The number of rotatable bonds is 6. The molecule has 0 radical (unpaired) electrons. The predicted molar refractivity (Wildman–Crippen MR) is 107 cm³/mol. The average Bonchev–Trinajstić information content (AvgIpc) is 3.27. The van der Waals surface area contributed by atoms with E-state index >= 15 is 0 Å². The van der Waals surface area contributed by atoms with E-state index in [9.17, 15) is 9.18 Å². The van der Waals surface area contributed by atoms with Crippen LogP contribution in [0, 0.1) is 5.82 Å². The number of aromatic nitrogens is 3. The number of nitrogens with one attached hydrogen (secondary N) is 1. The quantitative estimate of drug-likeness (QED) is 0.532. The summed E-state index contributed by atoms with van der Waals surface area (Å²) in [6.45, 7) is 0. The molecular formula is C22H17FN4O2. The molecule has 0 aliphatic carbocycles. The molecule has 144 valence electrons. The first-order chi connectivity index (χ1) is 14.2. The Labute approximate surface area is 166 Å². The number of amides is 1. The third-order valence-corrected chi connectivity index (χ3v) is 4.16. The van der Waals surface area contributed by atoms with Gasteiger partial charge in [-0.25, -0.2) is 4.39 Å². The monoisotopic (exact) mass is 388 g/mol. The minimum Gasteiger partial charge on any atom is -0.438 e. The van der Waals surface area contributed by atoms with E-state index in [1.54, 1.807) is 54.6 Å². The molecule has 0 atom stereocenters. The van der Waals surface area contributed by atoms with Gasteiger partial charge in [-0.2, -0.15) is 0 Å². The molecule has 4 rings (SSSR count). The summed E-state index contributed by atoms with van der Waals surface area (Å²) >= 11 is 0. The number of benzene rings is 2. The summed E-state index contributed by atoms with van der Waals surface area (Å²) in [6, 6.07) is 20.4. The van der Waals surface area contributed by atoms with E-state index in [2.05, 4.69) is 15.5 Å². The molecule has 0 aliphatic heterocycles. The normalized spacial score (nSPS) is 10.5. The standard InChI is InChI=1S/C22H17FN4O2/c23-19-6-2-1-5-16(19)15-21(28)24-17-7-9-18(10-8-17)29-22-12-11-20(25-26-22)27-13-3-4-14-27/h1-14H,15H2,(H,24,28). The molecule has 0 unspecified atom stereocenters. The molecule has 2 aromatic heterocycles. The Kier molecular flexibility index (Phi) is 5.29. The van der Waals surface area contributed by atoms with E-state index < -0.39 is 5.82 Å². The van der Waals surface area contributed by atoms with Crippen LogP contribution in [0.5, 0.6) is 11.6 Å². The van der Waals surface area contributed by atoms with Gasteiger partial charge in [-0.3, -0.25) is 4.79 Å². The fourth-order valence-electron chi connectivity index (χ4n) is 2.74. The number of hydrogen-bond donors (Lipinski definition) is 1. The van der Waals surface area contributed by atoms with Gasteiger partial charge in [-0.1, -0.05) is 18.2 Å². The lowest BCUT2D eigenvalue weighted by molar-refractivity contribution is -0.115. The SMILES string of the molecule is O=C(Cc1ccccc1F)Nc1ccc(Oc2ccc(-n3cccc3)nn2)cc1. The van der Waals surface area contributed by atoms with Crippen LogP contribution >= 0.6 is 0 Å². The Morgan fingerprint density at radius 1 is 0.931 bits per heavy atom. The number of carbonyl (C=O) groups is 1. The van der Waals surface area contributed by atoms with Crippen LogP contribution in [-0.4, -0.2) is 20.7 Å². The van der Waals surface area contributed by atoms with Crippen LogP contribution in [0.2, 0.25) is 0 Å². The summed E-state index contributed by atoms with van der Waals surface area (Å²) in [5.74, 6) is 0.915. The minimum absolute atomic E-state index is 0.0335. The Hall–Kier alpha value is -4.00. The van der Waals surface area contributed by atoms with Crippen molar-refractivity contribution in [1.29, 1.82) is 0 Å². The van der Waals surface area contributed by atoms with Gasteiger partial charge in [0.1, 0.15) is 11.6 Å². The molecular weight excluding hydrogens is 371 g/mol. The maximum absolute atomic E-state index is 13.6. The number of halogens is 1. The van der Waals surface area contributed by atoms with Gasteiger partial charge in [0.2, 0.25) is 11.8 Å². The van der Waals surface area contributed by atoms with Crippen molar-refractivity contribution in [2.45, 2.75) is 6.42 Å². The third-order valence-electron chi connectivity index (χ3n) is 4.16. The van der Waals surface area contributed by atoms with Gasteiger partial charge in [0.15, 0.2) is 5.82 Å². The zero-order chi connectivity index (χ0) is 20.1. The fourth-order valence-corrected chi connectivity index (χ4v) is 2.74. The second kappa shape index (κ2) is 8.35. The fraction of sp³-hybridized carbons (Fsp3) is 0.0455. The second-order valence-electron chi connectivity index (χ2n) is 6.26. The van der Waals surface area contributed by atoms with E-state index in [1.165, 1.54) is 6.07 Å². The Morgan fingerprint density at radius 2 is 1.69 bits per heavy atom. The van der Waals surface area contributed by atoms with Crippen molar-refractivity contribution in [3.05, 3.63) is 96.6 Å². The van der Waals surface area contributed by atoms with Crippen LogP contribution in [0.1, 0.15) is 5.56 Å². The van der Waals surface area contributed by atoms with Crippen LogP contribution < -0.4 is 10.1 Å². The molecule has 0 saturated carbocycles. The molecule has 6 nitrogen and oxygen atoms in total. The highest BCUT2D eigenvalue weighted by atomic mass is 19.1. The molecule has 0 aliphatic rings. The van der Waals surface area contributed by atoms with Gasteiger partial charge in [-0.05, 0) is 54.1 Å². The van der Waals surface area contributed by atoms with Crippen LogP contribution in [0.25, 0.3) is 5.82 Å². The number of ether oxygens (including phenoxy) is 1. The van der Waals surface area contributed by atoms with Crippen molar-refractivity contribution in [2.24, 2.45) is 0 Å². The first-order valence-corrected chi connectivity index (χ1v) is 8.96. The van der Waals surface area contributed by atoms with Crippen LogP contribution in [0.4, 0.5) is 10.1 Å². The van der Waals surface area contributed by atoms with E-state index in [4.69, 9.17) is 4.74 Å². The zero-order valence-electron chi connectivity index (χ0n) is 15.3. The highest BCUT2D eigenvalue weighted by Crippen LogP contribution is 2.22. The highest BCUT2D eigenvalue weighted by Gasteiger charge is 2.08. The van der Waals surface area contributed by atoms with Gasteiger partial charge < -0.3 is 14.6 Å². The summed E-state index contributed by atoms with van der Waals surface area (Å²) < 4.78 is 21.2. The van der Waals surface area contributed by atoms with Crippen molar-refractivity contribution in [2.75, 3.05) is 5.32 Å². The average molecular weight is 388 g/mol. The van der Waals surface area contributed by atoms with E-state index in [0.717, 1.165) is 0 Å². The molecule has 1 N–H and O–H groups in total. The Morgan fingerprint density at radius 3 is 2.38 bits per heavy atom. The predicted octanol–water partition coefficient (Wildman–Crippen LogP) is 4.38. The lowest BCUT2D eigenvalue weighted by Crippen LogP contribution is -2.15. The molecule has 2 heterocycles. The molecule has 1 amide bonds. The number of anilines is 1. The lowest BCUT2D eigenvalue weighted by Gasteiger charge is -2.08. The molecule has 7 heteroatoms. The highest BCUT2D eigenvalue weighted by molar-refractivity contribution is 5.92. The molecule has 0 spiro atoms. The summed E-state index contributed by atoms with van der Waals surface area (Å²) in [6.07, 6.45) is 3.72. The van der Waals surface area contributed by atoms with Gasteiger partial charge in [0.25, 0.3) is 0 Å². The summed E-state index contributed by atoms with van der Waals surface area (Å²) in [5, 5.41) is 10.9. The first-order valence-electron chi connectivity index (χ1n) is 8.96. The topological polar surface area (TPSA) is 69.0 Å². The maximum atomic E-state index is 13.6. The number of nitrogens with zero attached hydrogens (tertiary/aromatic N) is 3. The molecule has 4 aromatic rings. The largest absolute Gasteiger partial charge is 0.438 e. The van der Waals surface area contributed by atoms with Crippen molar-refractivity contribution in [3.63, 3.8) is 0 Å². The second-order valence-corrected chi connectivity index (χ2v) is 6.26. The van der Waals surface area contributed by atoms with Crippen LogP contribution in [-0.2, 0) is 11.2 Å². The molecule has 29 heavy (non-hydrogen) atoms. The lowest BCUT2D eigenvalue weighted by atomic mass is 10.1. The van der Waals surface area contributed by atoms with E-state index in [1.807, 2.05) is 29.1 Å². The first kappa shape index (κ1) is 18.4. The number of carbonyl (C=O) groups excluding carboxylic acids is 1. The van der Waals surface area contributed by atoms with Gasteiger partial charge in [-0.15, -0.1) is 10.2 Å².